The number of anilines is 2. The number of rotatable bonds is 2. The molecule has 22 heavy (non-hydrogen) atoms. The Hall–Kier alpha value is -2.54. The lowest BCUT2D eigenvalue weighted by molar-refractivity contribution is 0.927. The minimum atomic E-state index is 0.544. The molecule has 0 aliphatic carbocycles. The average molecular weight is 310 g/mol. The molecule has 0 atom stereocenters. The maximum atomic E-state index is 4.61. The smallest absolute Gasteiger partial charge is 0.249 e. The van der Waals surface area contributed by atoms with E-state index in [1.807, 2.05) is 42.6 Å². The van der Waals surface area contributed by atoms with Gasteiger partial charge >= 0.3 is 0 Å². The molecule has 0 radical (unpaired) electrons. The van der Waals surface area contributed by atoms with E-state index in [0.29, 0.717) is 11.8 Å². The highest BCUT2D eigenvalue weighted by Gasteiger charge is 2.12. The molecule has 0 bridgehead atoms. The van der Waals surface area contributed by atoms with Crippen LogP contribution >= 0.6 is 11.3 Å². The van der Waals surface area contributed by atoms with Crippen molar-refractivity contribution in [3.05, 3.63) is 40.5 Å². The molecular formula is C15H14N6S. The highest BCUT2D eigenvalue weighted by molar-refractivity contribution is 7.17. The van der Waals surface area contributed by atoms with E-state index in [0.717, 1.165) is 27.4 Å². The molecular weight excluding hydrogens is 296 g/mol. The summed E-state index contributed by atoms with van der Waals surface area (Å²) in [4.78, 5) is 15.8. The number of hydrogen-bond donors (Lipinski definition) is 1. The number of nitrogens with zero attached hydrogens (tertiary/aromatic N) is 5. The predicted molar refractivity (Wildman–Crippen MR) is 87.9 cm³/mol. The van der Waals surface area contributed by atoms with Gasteiger partial charge in [0.2, 0.25) is 10.9 Å². The third-order valence-corrected chi connectivity index (χ3v) is 4.67. The highest BCUT2D eigenvalue weighted by atomic mass is 32.1. The van der Waals surface area contributed by atoms with Gasteiger partial charge in [0.25, 0.3) is 0 Å². The van der Waals surface area contributed by atoms with Crippen molar-refractivity contribution in [2.45, 2.75) is 20.8 Å². The maximum Gasteiger partial charge on any atom is 0.249 e. The van der Waals surface area contributed by atoms with E-state index in [1.165, 1.54) is 4.88 Å². The summed E-state index contributed by atoms with van der Waals surface area (Å²) >= 11 is 1.63. The summed E-state index contributed by atoms with van der Waals surface area (Å²) in [5.74, 6) is 1.23. The Morgan fingerprint density at radius 3 is 2.45 bits per heavy atom. The first-order chi connectivity index (χ1) is 10.6. The third-order valence-electron chi connectivity index (χ3n) is 3.62. The van der Waals surface area contributed by atoms with Crippen LogP contribution in [0.1, 0.15) is 16.3 Å². The Labute approximate surface area is 130 Å². The van der Waals surface area contributed by atoms with Crippen LogP contribution in [-0.2, 0) is 0 Å². The largest absolute Gasteiger partial charge is 0.306 e. The molecule has 3 heterocycles. The lowest BCUT2D eigenvalue weighted by Gasteiger charge is -2.06. The van der Waals surface area contributed by atoms with Gasteiger partial charge in [0.05, 0.1) is 22.4 Å². The van der Waals surface area contributed by atoms with Crippen LogP contribution in [0.15, 0.2) is 24.3 Å². The zero-order valence-corrected chi connectivity index (χ0v) is 13.3. The summed E-state index contributed by atoms with van der Waals surface area (Å²) in [6.45, 7) is 6.04. The number of thiazole rings is 1. The Morgan fingerprint density at radius 1 is 1.00 bits per heavy atom. The van der Waals surface area contributed by atoms with Crippen molar-refractivity contribution in [1.29, 1.82) is 0 Å². The van der Waals surface area contributed by atoms with Crippen molar-refractivity contribution < 1.29 is 0 Å². The highest BCUT2D eigenvalue weighted by Crippen LogP contribution is 2.23. The van der Waals surface area contributed by atoms with Crippen molar-refractivity contribution in [3.63, 3.8) is 0 Å². The maximum absolute atomic E-state index is 4.61. The van der Waals surface area contributed by atoms with Crippen LogP contribution in [0.2, 0.25) is 0 Å². The molecule has 0 fully saturated rings. The number of nitrogens with one attached hydrogen (secondary N) is 1. The second-order valence-electron chi connectivity index (χ2n) is 5.14. The summed E-state index contributed by atoms with van der Waals surface area (Å²) in [6.07, 6.45) is 0. The van der Waals surface area contributed by atoms with E-state index < -0.39 is 0 Å². The van der Waals surface area contributed by atoms with E-state index in [4.69, 9.17) is 0 Å². The topological polar surface area (TPSA) is 68.0 Å². The molecule has 4 rings (SSSR count). The fourth-order valence-electron chi connectivity index (χ4n) is 2.31. The molecule has 1 aromatic carbocycles. The zero-order chi connectivity index (χ0) is 15.3. The molecule has 110 valence electrons. The van der Waals surface area contributed by atoms with Crippen LogP contribution < -0.4 is 5.32 Å². The first-order valence-corrected chi connectivity index (χ1v) is 7.76. The van der Waals surface area contributed by atoms with E-state index in [9.17, 15) is 0 Å². The molecule has 0 aliphatic heterocycles. The summed E-state index contributed by atoms with van der Waals surface area (Å²) < 4.78 is 1.85. The number of aryl methyl sites for hydroxylation is 3. The van der Waals surface area contributed by atoms with Crippen molar-refractivity contribution in [1.82, 2.24) is 24.6 Å². The molecule has 6 nitrogen and oxygen atoms in total. The number of para-hydroxylation sites is 2. The lowest BCUT2D eigenvalue weighted by Crippen LogP contribution is -2.01. The molecule has 1 N–H and O–H groups in total. The van der Waals surface area contributed by atoms with E-state index in [1.54, 1.807) is 11.3 Å². The van der Waals surface area contributed by atoms with Gasteiger partial charge in [-0.3, -0.25) is 0 Å². The molecule has 4 aromatic rings. The van der Waals surface area contributed by atoms with E-state index >= 15 is 0 Å². The molecule has 0 spiro atoms. The van der Waals surface area contributed by atoms with Gasteiger partial charge in [-0.25, -0.2) is 14.5 Å². The van der Waals surface area contributed by atoms with Crippen LogP contribution in [0, 0.1) is 20.8 Å². The quantitative estimate of drug-likeness (QED) is 0.614. The molecule has 0 aliphatic rings. The van der Waals surface area contributed by atoms with Crippen molar-refractivity contribution in [2.75, 3.05) is 5.32 Å². The number of benzene rings is 1. The molecule has 0 unspecified atom stereocenters. The van der Waals surface area contributed by atoms with E-state index in [-0.39, 0.29) is 0 Å². The van der Waals surface area contributed by atoms with Gasteiger partial charge in [-0.15, -0.1) is 5.10 Å². The van der Waals surface area contributed by atoms with Gasteiger partial charge in [-0.1, -0.05) is 23.5 Å². The van der Waals surface area contributed by atoms with Gasteiger partial charge < -0.3 is 5.32 Å². The van der Waals surface area contributed by atoms with Crippen LogP contribution in [0.4, 0.5) is 11.8 Å². The predicted octanol–water partition coefficient (Wildman–Crippen LogP) is 3.40. The molecule has 0 amide bonds. The number of aromatic nitrogens is 5. The van der Waals surface area contributed by atoms with Crippen molar-refractivity contribution in [2.24, 2.45) is 0 Å². The first kappa shape index (κ1) is 13.1. The monoisotopic (exact) mass is 310 g/mol. The normalized spacial score (nSPS) is 11.4. The van der Waals surface area contributed by atoms with Gasteiger partial charge in [-0.2, -0.15) is 4.98 Å². The minimum absolute atomic E-state index is 0.544. The average Bonchev–Trinajstić information content (AvgIpc) is 3.00. The van der Waals surface area contributed by atoms with Crippen molar-refractivity contribution in [3.8, 4) is 0 Å². The Kier molecular flexibility index (Phi) is 2.83. The van der Waals surface area contributed by atoms with Gasteiger partial charge in [0.15, 0.2) is 5.82 Å². The minimum Gasteiger partial charge on any atom is -0.306 e. The van der Waals surface area contributed by atoms with Gasteiger partial charge in [0.1, 0.15) is 0 Å². The second kappa shape index (κ2) is 4.74. The van der Waals surface area contributed by atoms with Crippen molar-refractivity contribution >= 4 is 39.1 Å². The summed E-state index contributed by atoms with van der Waals surface area (Å²) in [7, 11) is 0. The van der Waals surface area contributed by atoms with Crippen LogP contribution in [-0.4, -0.2) is 24.6 Å². The fourth-order valence-corrected chi connectivity index (χ4v) is 3.21. The molecule has 0 saturated carbocycles. The summed E-state index contributed by atoms with van der Waals surface area (Å²) in [6, 6.07) is 7.81. The molecule has 0 saturated heterocycles. The van der Waals surface area contributed by atoms with E-state index in [2.05, 4.69) is 32.3 Å². The Balaban J connectivity index is 1.76. The molecule has 3 aromatic heterocycles. The SMILES string of the molecule is Cc1nc2ccccc2nc1Nc1nc2sc(C)c(C)n2n1. The fraction of sp³-hybridized carbons (Fsp3) is 0.200. The van der Waals surface area contributed by atoms with Crippen LogP contribution in [0.25, 0.3) is 16.0 Å². The Morgan fingerprint density at radius 2 is 1.73 bits per heavy atom. The van der Waals surface area contributed by atoms with Crippen LogP contribution in [0.5, 0.6) is 0 Å². The molecule has 7 heteroatoms. The summed E-state index contributed by atoms with van der Waals surface area (Å²) in [5.41, 5.74) is 3.67. The second-order valence-corrected chi connectivity index (χ2v) is 6.33. The first-order valence-electron chi connectivity index (χ1n) is 6.95. The Bertz CT molecular complexity index is 1000. The zero-order valence-electron chi connectivity index (χ0n) is 12.5. The van der Waals surface area contributed by atoms with Crippen LogP contribution in [0.3, 0.4) is 0 Å². The standard InChI is InChI=1S/C15H14N6S/c1-8-13(17-12-7-5-4-6-11(12)16-8)18-14-19-15-21(20-14)9(2)10(3)22-15/h4-7H,1-3H3,(H,17,18,20). The third kappa shape index (κ3) is 2.01. The summed E-state index contributed by atoms with van der Waals surface area (Å²) in [5, 5.41) is 7.66. The number of fused-ring (bicyclic) bond motifs is 2. The number of hydrogen-bond acceptors (Lipinski definition) is 6. The lowest BCUT2D eigenvalue weighted by atomic mass is 10.3. The van der Waals surface area contributed by atoms with Gasteiger partial charge in [0, 0.05) is 4.88 Å². The van der Waals surface area contributed by atoms with Gasteiger partial charge in [-0.05, 0) is 32.9 Å².